The summed E-state index contributed by atoms with van der Waals surface area (Å²) >= 11 is 1.30. The molecule has 1 aromatic heterocycles. The number of ether oxygens (including phenoxy) is 1. The Kier molecular flexibility index (Phi) is 5.89. The van der Waals surface area contributed by atoms with E-state index in [1.807, 2.05) is 13.8 Å². The predicted molar refractivity (Wildman–Crippen MR) is 84.1 cm³/mol. The number of halogens is 3. The normalized spacial score (nSPS) is 11.8. The zero-order valence-electron chi connectivity index (χ0n) is 13.1. The fraction of sp³-hybridized carbons (Fsp3) is 0.400. The Morgan fingerprint density at radius 1 is 1.25 bits per heavy atom. The first-order valence-electron chi connectivity index (χ1n) is 7.13. The van der Waals surface area contributed by atoms with Crippen molar-refractivity contribution in [2.45, 2.75) is 32.5 Å². The Morgan fingerprint density at radius 3 is 2.46 bits per heavy atom. The summed E-state index contributed by atoms with van der Waals surface area (Å²) in [7, 11) is 0. The maximum atomic E-state index is 12.1. The topological polar surface area (TPSA) is 64.1 Å². The Hall–Kier alpha value is -2.00. The fourth-order valence-corrected chi connectivity index (χ4v) is 2.47. The summed E-state index contributed by atoms with van der Waals surface area (Å²) in [5.74, 6) is -0.131. The van der Waals surface area contributed by atoms with Crippen molar-refractivity contribution in [3.8, 4) is 0 Å². The second-order valence-corrected chi connectivity index (χ2v) is 6.37. The van der Waals surface area contributed by atoms with Crippen LogP contribution >= 0.6 is 11.3 Å². The number of carbonyl (C=O) groups excluding carboxylic acids is 1. The van der Waals surface area contributed by atoms with Crippen LogP contribution in [-0.4, -0.2) is 28.9 Å². The van der Waals surface area contributed by atoms with E-state index in [0.717, 1.165) is 5.01 Å². The first-order valence-corrected chi connectivity index (χ1v) is 7.94. The van der Waals surface area contributed by atoms with Gasteiger partial charge in [0, 0.05) is 11.5 Å². The second-order valence-electron chi connectivity index (χ2n) is 5.36. The smallest absolute Gasteiger partial charge is 0.367 e. The molecular formula is C15H16F3N3O2S. The first-order chi connectivity index (χ1) is 11.2. The quantitative estimate of drug-likeness (QED) is 0.847. The van der Waals surface area contributed by atoms with Gasteiger partial charge in [0.25, 0.3) is 5.91 Å². The standard InChI is InChI=1S/C15H16F3N3O2S/c1-9(2)13-20-21-14(24-13)19-12(22)11-5-3-10(4-6-11)7-23-8-15(16,17)18/h3-6,9H,7-8H2,1-2H3,(H,19,21,22). The van der Waals surface area contributed by atoms with E-state index in [2.05, 4.69) is 20.3 Å². The third-order valence-electron chi connectivity index (χ3n) is 2.91. The molecule has 2 aromatic rings. The molecule has 0 bridgehead atoms. The molecule has 1 amide bonds. The summed E-state index contributed by atoms with van der Waals surface area (Å²) in [4.78, 5) is 12.1. The van der Waals surface area contributed by atoms with Crippen molar-refractivity contribution in [2.24, 2.45) is 0 Å². The fourth-order valence-electron chi connectivity index (χ4n) is 1.72. The number of amides is 1. The Bertz CT molecular complexity index is 684. The number of benzene rings is 1. The van der Waals surface area contributed by atoms with E-state index in [0.29, 0.717) is 16.3 Å². The minimum Gasteiger partial charge on any atom is -0.367 e. The van der Waals surface area contributed by atoms with Crippen LogP contribution in [0.4, 0.5) is 18.3 Å². The molecule has 1 N–H and O–H groups in total. The molecule has 1 heterocycles. The molecular weight excluding hydrogens is 343 g/mol. The lowest BCUT2D eigenvalue weighted by molar-refractivity contribution is -0.176. The molecule has 1 aromatic carbocycles. The molecule has 0 saturated carbocycles. The summed E-state index contributed by atoms with van der Waals surface area (Å²) in [5.41, 5.74) is 0.921. The van der Waals surface area contributed by atoms with Gasteiger partial charge in [0.1, 0.15) is 11.6 Å². The van der Waals surface area contributed by atoms with Gasteiger partial charge in [-0.25, -0.2) is 0 Å². The van der Waals surface area contributed by atoms with Gasteiger partial charge in [0.15, 0.2) is 0 Å². The van der Waals surface area contributed by atoms with Gasteiger partial charge >= 0.3 is 6.18 Å². The van der Waals surface area contributed by atoms with Crippen molar-refractivity contribution in [1.29, 1.82) is 0 Å². The van der Waals surface area contributed by atoms with Crippen LogP contribution in [0.25, 0.3) is 0 Å². The summed E-state index contributed by atoms with van der Waals surface area (Å²) in [6.07, 6.45) is -4.35. The number of anilines is 1. The molecule has 0 saturated heterocycles. The van der Waals surface area contributed by atoms with Crippen molar-refractivity contribution in [3.63, 3.8) is 0 Å². The van der Waals surface area contributed by atoms with E-state index in [9.17, 15) is 18.0 Å². The van der Waals surface area contributed by atoms with Gasteiger partial charge in [0.05, 0.1) is 6.61 Å². The SMILES string of the molecule is CC(C)c1nnc(NC(=O)c2ccc(COCC(F)(F)F)cc2)s1. The van der Waals surface area contributed by atoms with Gasteiger partial charge < -0.3 is 4.74 Å². The maximum Gasteiger partial charge on any atom is 0.411 e. The third-order valence-corrected chi connectivity index (χ3v) is 4.04. The van der Waals surface area contributed by atoms with Crippen LogP contribution < -0.4 is 5.32 Å². The van der Waals surface area contributed by atoms with Crippen LogP contribution in [0.15, 0.2) is 24.3 Å². The second kappa shape index (κ2) is 7.71. The molecule has 0 spiro atoms. The summed E-state index contributed by atoms with van der Waals surface area (Å²) in [6.45, 7) is 2.48. The van der Waals surface area contributed by atoms with Crippen molar-refractivity contribution < 1.29 is 22.7 Å². The number of aromatic nitrogens is 2. The zero-order chi connectivity index (χ0) is 17.7. The van der Waals surface area contributed by atoms with Gasteiger partial charge in [-0.15, -0.1) is 10.2 Å². The number of rotatable bonds is 6. The van der Waals surface area contributed by atoms with Crippen LogP contribution in [0.2, 0.25) is 0 Å². The highest BCUT2D eigenvalue weighted by Crippen LogP contribution is 2.23. The number of carbonyl (C=O) groups is 1. The van der Waals surface area contributed by atoms with Crippen LogP contribution in [0, 0.1) is 0 Å². The number of alkyl halides is 3. The molecule has 0 unspecified atom stereocenters. The van der Waals surface area contributed by atoms with Crippen LogP contribution in [0.5, 0.6) is 0 Å². The van der Waals surface area contributed by atoms with Gasteiger partial charge in [-0.3, -0.25) is 10.1 Å². The molecule has 0 fully saturated rings. The average Bonchev–Trinajstić information content (AvgIpc) is 2.95. The number of nitrogens with one attached hydrogen (secondary N) is 1. The van der Waals surface area contributed by atoms with Crippen molar-refractivity contribution >= 4 is 22.4 Å². The van der Waals surface area contributed by atoms with Gasteiger partial charge in [-0.05, 0) is 17.7 Å². The van der Waals surface area contributed by atoms with Gasteiger partial charge in [0.2, 0.25) is 5.13 Å². The van der Waals surface area contributed by atoms with E-state index in [-0.39, 0.29) is 18.4 Å². The van der Waals surface area contributed by atoms with Crippen LogP contribution in [0.1, 0.15) is 40.7 Å². The van der Waals surface area contributed by atoms with Crippen molar-refractivity contribution in [3.05, 3.63) is 40.4 Å². The molecule has 5 nitrogen and oxygen atoms in total. The molecule has 9 heteroatoms. The number of hydrogen-bond donors (Lipinski definition) is 1. The highest BCUT2D eigenvalue weighted by molar-refractivity contribution is 7.15. The maximum absolute atomic E-state index is 12.1. The van der Waals surface area contributed by atoms with Crippen LogP contribution in [-0.2, 0) is 11.3 Å². The predicted octanol–water partition coefficient (Wildman–Crippen LogP) is 3.99. The molecule has 0 aliphatic carbocycles. The summed E-state index contributed by atoms with van der Waals surface area (Å²) in [6, 6.07) is 6.13. The number of hydrogen-bond acceptors (Lipinski definition) is 5. The third kappa shape index (κ3) is 5.57. The molecule has 0 aliphatic rings. The summed E-state index contributed by atoms with van der Waals surface area (Å²) < 4.78 is 40.6. The highest BCUT2D eigenvalue weighted by atomic mass is 32.1. The zero-order valence-corrected chi connectivity index (χ0v) is 13.9. The lowest BCUT2D eigenvalue weighted by Crippen LogP contribution is -2.16. The van der Waals surface area contributed by atoms with Crippen molar-refractivity contribution in [1.82, 2.24) is 10.2 Å². The first kappa shape index (κ1) is 18.3. The van der Waals surface area contributed by atoms with Crippen molar-refractivity contribution in [2.75, 3.05) is 11.9 Å². The number of nitrogens with zero attached hydrogens (tertiary/aromatic N) is 2. The molecule has 2 rings (SSSR count). The van der Waals surface area contributed by atoms with Crippen LogP contribution in [0.3, 0.4) is 0 Å². The van der Waals surface area contributed by atoms with Gasteiger partial charge in [-0.2, -0.15) is 13.2 Å². The monoisotopic (exact) mass is 359 g/mol. The lowest BCUT2D eigenvalue weighted by atomic mass is 10.1. The molecule has 0 radical (unpaired) electrons. The molecule has 0 aliphatic heterocycles. The Labute approximate surface area is 140 Å². The van der Waals surface area contributed by atoms with E-state index >= 15 is 0 Å². The van der Waals surface area contributed by atoms with E-state index < -0.39 is 12.8 Å². The average molecular weight is 359 g/mol. The highest BCUT2D eigenvalue weighted by Gasteiger charge is 2.27. The van der Waals surface area contributed by atoms with E-state index in [1.54, 1.807) is 12.1 Å². The molecule has 0 atom stereocenters. The molecule has 130 valence electrons. The summed E-state index contributed by atoms with van der Waals surface area (Å²) in [5, 5.41) is 11.7. The molecule has 24 heavy (non-hydrogen) atoms. The minimum atomic E-state index is -4.35. The van der Waals surface area contributed by atoms with E-state index in [4.69, 9.17) is 0 Å². The lowest BCUT2D eigenvalue weighted by Gasteiger charge is -2.08. The Balaban J connectivity index is 1.90. The van der Waals surface area contributed by atoms with Gasteiger partial charge in [-0.1, -0.05) is 37.3 Å². The van der Waals surface area contributed by atoms with E-state index in [1.165, 1.54) is 23.5 Å². The Morgan fingerprint density at radius 2 is 1.92 bits per heavy atom. The minimum absolute atomic E-state index is 0.171. The largest absolute Gasteiger partial charge is 0.411 e.